The van der Waals surface area contributed by atoms with Gasteiger partial charge in [0.2, 0.25) is 0 Å². The van der Waals surface area contributed by atoms with E-state index in [0.717, 1.165) is 49.0 Å². The molecule has 1 aromatic carbocycles. The van der Waals surface area contributed by atoms with Gasteiger partial charge in [-0.15, -0.1) is 0 Å². The summed E-state index contributed by atoms with van der Waals surface area (Å²) >= 11 is 0. The Balaban J connectivity index is 1.67. The van der Waals surface area contributed by atoms with Crippen molar-refractivity contribution in [2.45, 2.75) is 45.6 Å². The molecule has 1 aromatic rings. The number of hydrogen-bond acceptors (Lipinski definition) is 3. The second-order valence-electron chi connectivity index (χ2n) is 6.35. The number of carbonyl (C=O) groups excluding carboxylic acids is 1. The number of carbonyl (C=O) groups is 1. The van der Waals surface area contributed by atoms with Crippen molar-refractivity contribution in [2.75, 3.05) is 26.2 Å². The lowest BCUT2D eigenvalue weighted by Gasteiger charge is -2.22. The van der Waals surface area contributed by atoms with E-state index in [9.17, 15) is 9.90 Å². The Labute approximate surface area is 133 Å². The van der Waals surface area contributed by atoms with Crippen molar-refractivity contribution in [1.29, 1.82) is 0 Å². The highest BCUT2D eigenvalue weighted by Crippen LogP contribution is 2.16. The Bertz CT molecular complexity index is 482. The van der Waals surface area contributed by atoms with Crippen molar-refractivity contribution in [1.82, 2.24) is 10.2 Å². The Hall–Kier alpha value is -1.39. The Morgan fingerprint density at radius 3 is 2.68 bits per heavy atom. The molecule has 1 heterocycles. The molecule has 0 spiro atoms. The monoisotopic (exact) mass is 304 g/mol. The van der Waals surface area contributed by atoms with Gasteiger partial charge >= 0.3 is 0 Å². The molecule has 1 amide bonds. The number of likely N-dealkylation sites (tertiary alicyclic amines) is 1. The molecule has 0 saturated carbocycles. The Morgan fingerprint density at radius 2 is 2.00 bits per heavy atom. The van der Waals surface area contributed by atoms with Crippen LogP contribution in [0.25, 0.3) is 0 Å². The van der Waals surface area contributed by atoms with E-state index < -0.39 is 0 Å². The van der Waals surface area contributed by atoms with Crippen LogP contribution in [-0.2, 0) is 0 Å². The predicted molar refractivity (Wildman–Crippen MR) is 89.2 cm³/mol. The number of nitrogens with one attached hydrogen (secondary N) is 1. The van der Waals surface area contributed by atoms with Crippen LogP contribution < -0.4 is 5.32 Å². The first-order valence-corrected chi connectivity index (χ1v) is 8.31. The van der Waals surface area contributed by atoms with Crippen LogP contribution in [0.15, 0.2) is 18.2 Å². The molecule has 122 valence electrons. The van der Waals surface area contributed by atoms with E-state index >= 15 is 0 Å². The minimum Gasteiger partial charge on any atom is -0.395 e. The molecule has 22 heavy (non-hydrogen) atoms. The van der Waals surface area contributed by atoms with Crippen LogP contribution in [0.4, 0.5) is 0 Å². The number of aliphatic hydroxyl groups excluding tert-OH is 1. The fourth-order valence-electron chi connectivity index (χ4n) is 3.25. The zero-order chi connectivity index (χ0) is 15.9. The largest absolute Gasteiger partial charge is 0.395 e. The van der Waals surface area contributed by atoms with Crippen molar-refractivity contribution in [3.8, 4) is 0 Å². The third-order valence-corrected chi connectivity index (χ3v) is 4.35. The van der Waals surface area contributed by atoms with E-state index in [1.165, 1.54) is 6.42 Å². The maximum Gasteiger partial charge on any atom is 0.251 e. The second kappa shape index (κ2) is 8.30. The SMILES string of the molecule is Cc1cc(C)cc(C(=O)NCCCCN2CCCC2CO)c1. The third-order valence-electron chi connectivity index (χ3n) is 4.35. The first-order chi connectivity index (χ1) is 10.6. The van der Waals surface area contributed by atoms with Crippen LogP contribution in [0.5, 0.6) is 0 Å². The summed E-state index contributed by atoms with van der Waals surface area (Å²) in [6.45, 7) is 7.12. The van der Waals surface area contributed by atoms with Crippen molar-refractivity contribution in [2.24, 2.45) is 0 Å². The number of hydrogen-bond donors (Lipinski definition) is 2. The van der Waals surface area contributed by atoms with Crippen molar-refractivity contribution in [3.05, 3.63) is 34.9 Å². The minimum atomic E-state index is 0.0150. The van der Waals surface area contributed by atoms with Gasteiger partial charge in [0, 0.05) is 18.2 Å². The van der Waals surface area contributed by atoms with E-state index in [4.69, 9.17) is 0 Å². The van der Waals surface area contributed by atoms with Gasteiger partial charge in [-0.05, 0) is 64.8 Å². The van der Waals surface area contributed by atoms with Crippen LogP contribution in [0, 0.1) is 13.8 Å². The van der Waals surface area contributed by atoms with E-state index in [1.807, 2.05) is 26.0 Å². The maximum absolute atomic E-state index is 12.1. The summed E-state index contributed by atoms with van der Waals surface area (Å²) in [5.74, 6) is 0.0150. The lowest BCUT2D eigenvalue weighted by Crippen LogP contribution is -2.33. The molecule has 1 saturated heterocycles. The van der Waals surface area contributed by atoms with Crippen molar-refractivity contribution < 1.29 is 9.90 Å². The minimum absolute atomic E-state index is 0.0150. The highest BCUT2D eigenvalue weighted by atomic mass is 16.3. The lowest BCUT2D eigenvalue weighted by molar-refractivity contribution is 0.0952. The summed E-state index contributed by atoms with van der Waals surface area (Å²) < 4.78 is 0. The third kappa shape index (κ3) is 4.82. The summed E-state index contributed by atoms with van der Waals surface area (Å²) in [6.07, 6.45) is 4.34. The number of aliphatic hydroxyl groups is 1. The van der Waals surface area contributed by atoms with E-state index in [-0.39, 0.29) is 12.5 Å². The zero-order valence-electron chi connectivity index (χ0n) is 13.8. The second-order valence-corrected chi connectivity index (χ2v) is 6.35. The molecule has 0 aromatic heterocycles. The molecule has 4 nitrogen and oxygen atoms in total. The van der Waals surface area contributed by atoms with E-state index in [0.29, 0.717) is 12.6 Å². The highest BCUT2D eigenvalue weighted by Gasteiger charge is 2.22. The molecule has 1 aliphatic heterocycles. The van der Waals surface area contributed by atoms with Crippen LogP contribution >= 0.6 is 0 Å². The normalized spacial score (nSPS) is 18.6. The first kappa shape index (κ1) is 17.0. The van der Waals surface area contributed by atoms with Gasteiger partial charge in [0.25, 0.3) is 5.91 Å². The van der Waals surface area contributed by atoms with Crippen molar-refractivity contribution in [3.63, 3.8) is 0 Å². The smallest absolute Gasteiger partial charge is 0.251 e. The average Bonchev–Trinajstić information content (AvgIpc) is 2.93. The molecular weight excluding hydrogens is 276 g/mol. The summed E-state index contributed by atoms with van der Waals surface area (Å²) in [5, 5.41) is 12.3. The Morgan fingerprint density at radius 1 is 1.27 bits per heavy atom. The van der Waals surface area contributed by atoms with Gasteiger partial charge in [0.1, 0.15) is 0 Å². The van der Waals surface area contributed by atoms with E-state index in [2.05, 4.69) is 16.3 Å². The predicted octanol–water partition coefficient (Wildman–Crippen LogP) is 2.27. The number of nitrogens with zero attached hydrogens (tertiary/aromatic N) is 1. The molecule has 2 N–H and O–H groups in total. The molecule has 1 atom stereocenters. The summed E-state index contributed by atoms with van der Waals surface area (Å²) in [4.78, 5) is 14.5. The number of rotatable bonds is 7. The molecule has 1 aliphatic rings. The molecular formula is C18H28N2O2. The maximum atomic E-state index is 12.1. The van der Waals surface area contributed by atoms with E-state index in [1.54, 1.807) is 0 Å². The molecule has 1 unspecified atom stereocenters. The van der Waals surface area contributed by atoms with Gasteiger partial charge in [-0.2, -0.15) is 0 Å². The molecule has 0 aliphatic carbocycles. The molecule has 1 fully saturated rings. The summed E-state index contributed by atoms with van der Waals surface area (Å²) in [7, 11) is 0. The number of unbranched alkanes of at least 4 members (excludes halogenated alkanes) is 1. The summed E-state index contributed by atoms with van der Waals surface area (Å²) in [6, 6.07) is 6.28. The average molecular weight is 304 g/mol. The number of aryl methyl sites for hydroxylation is 2. The van der Waals surface area contributed by atoms with Crippen molar-refractivity contribution >= 4 is 5.91 Å². The topological polar surface area (TPSA) is 52.6 Å². The van der Waals surface area contributed by atoms with Gasteiger partial charge in [-0.3, -0.25) is 9.69 Å². The molecule has 2 rings (SSSR count). The van der Waals surface area contributed by atoms with Gasteiger partial charge < -0.3 is 10.4 Å². The fourth-order valence-corrected chi connectivity index (χ4v) is 3.25. The standard InChI is InChI=1S/C18H28N2O2/c1-14-10-15(2)12-16(11-14)18(22)19-7-3-4-8-20-9-5-6-17(20)13-21/h10-12,17,21H,3-9,13H2,1-2H3,(H,19,22). The molecule has 0 radical (unpaired) electrons. The number of benzene rings is 1. The number of amides is 1. The van der Waals surface area contributed by atoms with Gasteiger partial charge in [-0.1, -0.05) is 17.2 Å². The first-order valence-electron chi connectivity index (χ1n) is 8.31. The van der Waals surface area contributed by atoms with Gasteiger partial charge in [0.05, 0.1) is 6.61 Å². The summed E-state index contributed by atoms with van der Waals surface area (Å²) in [5.41, 5.74) is 2.99. The quantitative estimate of drug-likeness (QED) is 0.760. The van der Waals surface area contributed by atoms with Crippen LogP contribution in [-0.4, -0.2) is 48.2 Å². The van der Waals surface area contributed by atoms with Crippen LogP contribution in [0.3, 0.4) is 0 Å². The van der Waals surface area contributed by atoms with Gasteiger partial charge in [-0.25, -0.2) is 0 Å². The van der Waals surface area contributed by atoms with Crippen LogP contribution in [0.2, 0.25) is 0 Å². The van der Waals surface area contributed by atoms with Crippen LogP contribution in [0.1, 0.15) is 47.2 Å². The molecule has 4 heteroatoms. The zero-order valence-corrected chi connectivity index (χ0v) is 13.8. The lowest BCUT2D eigenvalue weighted by atomic mass is 10.1. The molecule has 0 bridgehead atoms. The Kier molecular flexibility index (Phi) is 6.40. The fraction of sp³-hybridized carbons (Fsp3) is 0.611. The van der Waals surface area contributed by atoms with Gasteiger partial charge in [0.15, 0.2) is 0 Å². The highest BCUT2D eigenvalue weighted by molar-refractivity contribution is 5.94.